The van der Waals surface area contributed by atoms with Gasteiger partial charge in [-0.15, -0.1) is 10.2 Å². The third-order valence-electron chi connectivity index (χ3n) is 3.41. The molecule has 0 saturated carbocycles. The van der Waals surface area contributed by atoms with Gasteiger partial charge in [-0.3, -0.25) is 0 Å². The fraction of sp³-hybridized carbons (Fsp3) is 0.429. The monoisotopic (exact) mass is 306 g/mol. The lowest BCUT2D eigenvalue weighted by molar-refractivity contribution is 0.500. The lowest BCUT2D eigenvalue weighted by atomic mass is 10.1. The molecule has 0 N–H and O–H groups in total. The van der Waals surface area contributed by atoms with Gasteiger partial charge in [-0.25, -0.2) is 0 Å². The van der Waals surface area contributed by atoms with Crippen molar-refractivity contribution in [1.82, 2.24) is 10.2 Å². The summed E-state index contributed by atoms with van der Waals surface area (Å²) < 4.78 is 5.71. The normalized spacial score (nSPS) is 15.7. The van der Waals surface area contributed by atoms with Gasteiger partial charge in [-0.1, -0.05) is 28.9 Å². The molecule has 0 amide bonds. The highest BCUT2D eigenvalue weighted by molar-refractivity contribution is 9.09. The fourth-order valence-corrected chi connectivity index (χ4v) is 2.54. The van der Waals surface area contributed by atoms with E-state index < -0.39 is 0 Å². The van der Waals surface area contributed by atoms with Crippen molar-refractivity contribution < 1.29 is 4.42 Å². The van der Waals surface area contributed by atoms with E-state index in [1.54, 1.807) is 0 Å². The Morgan fingerprint density at radius 1 is 1.28 bits per heavy atom. The van der Waals surface area contributed by atoms with Crippen LogP contribution in [0.4, 0.5) is 0 Å². The molecule has 0 fully saturated rings. The first-order valence-corrected chi connectivity index (χ1v) is 7.29. The van der Waals surface area contributed by atoms with Crippen molar-refractivity contribution in [3.63, 3.8) is 0 Å². The number of benzene rings is 1. The van der Waals surface area contributed by atoms with Crippen molar-refractivity contribution in [2.75, 3.05) is 0 Å². The van der Waals surface area contributed by atoms with Crippen LogP contribution in [0.5, 0.6) is 0 Å². The molecule has 0 aliphatic heterocycles. The lowest BCUT2D eigenvalue weighted by Gasteiger charge is -2.01. The molecule has 1 aromatic heterocycles. The Bertz CT molecular complexity index is 565. The van der Waals surface area contributed by atoms with Gasteiger partial charge in [-0.2, -0.15) is 0 Å². The molecule has 0 saturated heterocycles. The van der Waals surface area contributed by atoms with Crippen molar-refractivity contribution in [3.8, 4) is 11.5 Å². The quantitative estimate of drug-likeness (QED) is 0.802. The van der Waals surface area contributed by atoms with Crippen molar-refractivity contribution >= 4 is 15.9 Å². The molecule has 0 bridgehead atoms. The van der Waals surface area contributed by atoms with Crippen LogP contribution in [0.3, 0.4) is 0 Å². The number of hydrogen-bond acceptors (Lipinski definition) is 3. The van der Waals surface area contributed by atoms with Gasteiger partial charge in [-0.05, 0) is 48.9 Å². The van der Waals surface area contributed by atoms with Crippen LogP contribution in [0.1, 0.15) is 41.6 Å². The van der Waals surface area contributed by atoms with Gasteiger partial charge >= 0.3 is 0 Å². The minimum Gasteiger partial charge on any atom is -0.419 e. The molecule has 1 atom stereocenters. The number of nitrogens with zero attached hydrogens (tertiary/aromatic N) is 2. The number of hydrogen-bond donors (Lipinski definition) is 0. The Labute approximate surface area is 115 Å². The Kier molecular flexibility index (Phi) is 3.20. The number of aryl methyl sites for hydroxylation is 2. The van der Waals surface area contributed by atoms with E-state index in [0.717, 1.165) is 12.0 Å². The van der Waals surface area contributed by atoms with E-state index in [9.17, 15) is 0 Å². The highest BCUT2D eigenvalue weighted by Gasteiger charge is 2.17. The number of rotatable bonds is 3. The fourth-order valence-electron chi connectivity index (χ4n) is 2.36. The molecule has 3 rings (SSSR count). The first kappa shape index (κ1) is 11.9. The molecule has 18 heavy (non-hydrogen) atoms. The van der Waals surface area contributed by atoms with Crippen LogP contribution in [0.15, 0.2) is 22.6 Å². The summed E-state index contributed by atoms with van der Waals surface area (Å²) in [5.74, 6) is 1.28. The zero-order valence-electron chi connectivity index (χ0n) is 10.3. The van der Waals surface area contributed by atoms with E-state index in [-0.39, 0.29) is 4.83 Å². The second-order valence-corrected chi connectivity index (χ2v) is 5.76. The molecule has 1 aliphatic rings. The average Bonchev–Trinajstić information content (AvgIpc) is 3.05. The number of halogens is 1. The maximum atomic E-state index is 5.71. The summed E-state index contributed by atoms with van der Waals surface area (Å²) >= 11 is 3.52. The average molecular weight is 307 g/mol. The molecule has 1 heterocycles. The summed E-state index contributed by atoms with van der Waals surface area (Å²) in [6.45, 7) is 2.08. The predicted octanol–water partition coefficient (Wildman–Crippen LogP) is 4.07. The minimum atomic E-state index is 0.146. The molecule has 3 nitrogen and oxygen atoms in total. The van der Waals surface area contributed by atoms with Gasteiger partial charge in [0.1, 0.15) is 0 Å². The minimum absolute atomic E-state index is 0.146. The van der Waals surface area contributed by atoms with Gasteiger partial charge in [0.25, 0.3) is 0 Å². The number of aromatic nitrogens is 2. The molecule has 0 spiro atoms. The smallest absolute Gasteiger partial charge is 0.247 e. The van der Waals surface area contributed by atoms with Crippen LogP contribution in [-0.4, -0.2) is 10.2 Å². The third kappa shape index (κ3) is 2.09. The summed E-state index contributed by atoms with van der Waals surface area (Å²) in [6, 6.07) is 6.46. The van der Waals surface area contributed by atoms with Crippen LogP contribution in [0.2, 0.25) is 0 Å². The first-order chi connectivity index (χ1) is 8.78. The molecule has 1 aromatic carbocycles. The predicted molar refractivity (Wildman–Crippen MR) is 73.7 cm³/mol. The molecule has 2 aromatic rings. The molecular weight excluding hydrogens is 292 g/mol. The molecule has 94 valence electrons. The van der Waals surface area contributed by atoms with Gasteiger partial charge in [0.05, 0.1) is 4.83 Å². The van der Waals surface area contributed by atoms with Crippen molar-refractivity contribution in [3.05, 3.63) is 35.2 Å². The van der Waals surface area contributed by atoms with Crippen molar-refractivity contribution in [2.45, 2.75) is 37.4 Å². The SMILES string of the molecule is CCC(Br)c1nnc(-c2ccc3c(c2)CCC3)o1. The lowest BCUT2D eigenvalue weighted by Crippen LogP contribution is -1.86. The second kappa shape index (κ2) is 4.84. The van der Waals surface area contributed by atoms with Crippen LogP contribution in [0, 0.1) is 0 Å². The molecule has 0 radical (unpaired) electrons. The maximum absolute atomic E-state index is 5.71. The summed E-state index contributed by atoms with van der Waals surface area (Å²) in [6.07, 6.45) is 4.56. The van der Waals surface area contributed by atoms with E-state index >= 15 is 0 Å². The molecule has 1 aliphatic carbocycles. The van der Waals surface area contributed by atoms with E-state index in [1.807, 2.05) is 0 Å². The molecule has 1 unspecified atom stereocenters. The largest absolute Gasteiger partial charge is 0.419 e. The summed E-state index contributed by atoms with van der Waals surface area (Å²) in [4.78, 5) is 0.146. The molecular formula is C14H15BrN2O. The second-order valence-electron chi connectivity index (χ2n) is 4.66. The Morgan fingerprint density at radius 3 is 2.94 bits per heavy atom. The zero-order chi connectivity index (χ0) is 12.5. The van der Waals surface area contributed by atoms with Crippen LogP contribution < -0.4 is 0 Å². The number of fused-ring (bicyclic) bond motifs is 1. The Balaban J connectivity index is 1.92. The number of alkyl halides is 1. The first-order valence-electron chi connectivity index (χ1n) is 6.37. The Morgan fingerprint density at radius 2 is 2.11 bits per heavy atom. The van der Waals surface area contributed by atoms with Gasteiger partial charge in [0.2, 0.25) is 11.8 Å². The standard InChI is InChI=1S/C14H15BrN2O/c1-2-12(15)14-17-16-13(18-14)11-7-6-9-4-3-5-10(9)8-11/h6-8,12H,2-5H2,1H3. The highest BCUT2D eigenvalue weighted by Crippen LogP contribution is 2.30. The van der Waals surface area contributed by atoms with E-state index in [0.29, 0.717) is 11.8 Å². The van der Waals surface area contributed by atoms with E-state index in [2.05, 4.69) is 51.3 Å². The Hall–Kier alpha value is -1.16. The van der Waals surface area contributed by atoms with Crippen molar-refractivity contribution in [1.29, 1.82) is 0 Å². The van der Waals surface area contributed by atoms with E-state index in [4.69, 9.17) is 4.42 Å². The summed E-state index contributed by atoms with van der Waals surface area (Å²) in [5, 5.41) is 8.23. The van der Waals surface area contributed by atoms with Crippen molar-refractivity contribution in [2.24, 2.45) is 0 Å². The van der Waals surface area contributed by atoms with Crippen LogP contribution in [0.25, 0.3) is 11.5 Å². The van der Waals surface area contributed by atoms with E-state index in [1.165, 1.54) is 30.4 Å². The topological polar surface area (TPSA) is 38.9 Å². The highest BCUT2D eigenvalue weighted by atomic mass is 79.9. The summed E-state index contributed by atoms with van der Waals surface area (Å²) in [5.41, 5.74) is 3.92. The maximum Gasteiger partial charge on any atom is 0.247 e. The van der Waals surface area contributed by atoms with Gasteiger partial charge in [0, 0.05) is 5.56 Å². The van der Waals surface area contributed by atoms with Crippen LogP contribution >= 0.6 is 15.9 Å². The van der Waals surface area contributed by atoms with Gasteiger partial charge < -0.3 is 4.42 Å². The molecule has 4 heteroatoms. The summed E-state index contributed by atoms with van der Waals surface area (Å²) in [7, 11) is 0. The third-order valence-corrected chi connectivity index (χ3v) is 4.45. The zero-order valence-corrected chi connectivity index (χ0v) is 11.9. The van der Waals surface area contributed by atoms with Crippen LogP contribution in [-0.2, 0) is 12.8 Å². The van der Waals surface area contributed by atoms with Gasteiger partial charge in [0.15, 0.2) is 0 Å².